The van der Waals surface area contributed by atoms with E-state index >= 15 is 0 Å². The zero-order chi connectivity index (χ0) is 23.6. The number of rotatable bonds is 3. The van der Waals surface area contributed by atoms with E-state index in [0.29, 0.717) is 54.3 Å². The fraction of sp³-hybridized carbons (Fsp3) is 0.423. The summed E-state index contributed by atoms with van der Waals surface area (Å²) in [6.07, 6.45) is 3.02. The molecule has 2 aliphatic carbocycles. The lowest BCUT2D eigenvalue weighted by molar-refractivity contribution is -0.123. The van der Waals surface area contributed by atoms with Gasteiger partial charge in [-0.1, -0.05) is 11.6 Å². The van der Waals surface area contributed by atoms with Crippen LogP contribution in [0.4, 0.5) is 15.8 Å². The molecule has 0 aromatic heterocycles. The molecule has 3 amide bonds. The van der Waals surface area contributed by atoms with Crippen molar-refractivity contribution in [3.05, 3.63) is 58.9 Å². The quantitative estimate of drug-likeness (QED) is 0.622. The van der Waals surface area contributed by atoms with Gasteiger partial charge in [-0.05, 0) is 73.6 Å². The average Bonchev–Trinajstić information content (AvgIpc) is 3.53. The lowest BCUT2D eigenvalue weighted by atomic mass is 9.81. The molecular weight excluding hydrogens is 457 g/mol. The lowest BCUT2D eigenvalue weighted by Gasteiger charge is -2.36. The Morgan fingerprint density at radius 1 is 0.853 bits per heavy atom. The molecule has 0 N–H and O–H groups in total. The fourth-order valence-corrected chi connectivity index (χ4v) is 6.67. The van der Waals surface area contributed by atoms with Crippen molar-refractivity contribution in [3.63, 3.8) is 0 Å². The standard InChI is InChI=1S/C26H25ClFN3O3/c27-21-8-7-19(31-25(33)22-15-1-2-16(13-15)23(22)26(31)34)14-20(21)24(32)30-11-9-29(10-12-30)18-5-3-17(28)4-6-18/h3-8,14-16,22-23H,1-2,9-13H2/t15-,16-,22-,23+/m0/s1. The molecule has 2 aromatic rings. The molecule has 2 bridgehead atoms. The van der Waals surface area contributed by atoms with Crippen molar-refractivity contribution >= 4 is 40.7 Å². The van der Waals surface area contributed by atoms with Crippen molar-refractivity contribution in [2.24, 2.45) is 23.7 Å². The molecule has 176 valence electrons. The van der Waals surface area contributed by atoms with Gasteiger partial charge in [0.15, 0.2) is 0 Å². The number of carbonyl (C=O) groups is 3. The Morgan fingerprint density at radius 2 is 1.44 bits per heavy atom. The van der Waals surface area contributed by atoms with Crippen LogP contribution < -0.4 is 9.80 Å². The van der Waals surface area contributed by atoms with Crippen molar-refractivity contribution in [2.75, 3.05) is 36.0 Å². The number of carbonyl (C=O) groups excluding carboxylic acids is 3. The van der Waals surface area contributed by atoms with Crippen molar-refractivity contribution in [3.8, 4) is 0 Å². The van der Waals surface area contributed by atoms with Gasteiger partial charge < -0.3 is 9.80 Å². The maximum atomic E-state index is 13.3. The third-order valence-corrected chi connectivity index (χ3v) is 8.45. The second-order valence-electron chi connectivity index (χ2n) is 9.82. The SMILES string of the molecule is O=C(c1cc(N2C(=O)[C@@H]3[C@H]4CC[C@@H](C4)[C@@H]3C2=O)ccc1Cl)N1CCN(c2ccc(F)cc2)CC1. The Morgan fingerprint density at radius 3 is 2.06 bits per heavy atom. The van der Waals surface area contributed by atoms with E-state index < -0.39 is 0 Å². The van der Waals surface area contributed by atoms with Gasteiger partial charge in [-0.25, -0.2) is 4.39 Å². The maximum absolute atomic E-state index is 13.3. The number of halogens is 2. The summed E-state index contributed by atoms with van der Waals surface area (Å²) in [6, 6.07) is 11.2. The van der Waals surface area contributed by atoms with Gasteiger partial charge in [-0.2, -0.15) is 0 Å². The molecule has 0 radical (unpaired) electrons. The molecule has 8 heteroatoms. The first-order chi connectivity index (χ1) is 16.4. The van der Waals surface area contributed by atoms with Gasteiger partial charge in [0.1, 0.15) is 5.82 Å². The monoisotopic (exact) mass is 481 g/mol. The number of fused-ring (bicyclic) bond motifs is 5. The molecule has 4 aliphatic rings. The van der Waals surface area contributed by atoms with E-state index in [0.717, 1.165) is 24.9 Å². The summed E-state index contributed by atoms with van der Waals surface area (Å²) < 4.78 is 13.2. The molecule has 4 fully saturated rings. The molecule has 2 aromatic carbocycles. The van der Waals surface area contributed by atoms with E-state index in [-0.39, 0.29) is 35.4 Å². The van der Waals surface area contributed by atoms with Gasteiger partial charge >= 0.3 is 0 Å². The molecule has 0 unspecified atom stereocenters. The van der Waals surface area contributed by atoms with Crippen LogP contribution in [-0.4, -0.2) is 48.8 Å². The van der Waals surface area contributed by atoms with Crippen molar-refractivity contribution in [1.82, 2.24) is 4.90 Å². The Labute approximate surface area is 202 Å². The average molecular weight is 482 g/mol. The summed E-state index contributed by atoms with van der Waals surface area (Å²) in [4.78, 5) is 44.9. The van der Waals surface area contributed by atoms with E-state index in [4.69, 9.17) is 11.6 Å². The van der Waals surface area contributed by atoms with Crippen LogP contribution in [0.5, 0.6) is 0 Å². The normalized spacial score (nSPS) is 28.1. The molecule has 2 heterocycles. The number of hydrogen-bond acceptors (Lipinski definition) is 4. The predicted octanol–water partition coefficient (Wildman–Crippen LogP) is 3.98. The van der Waals surface area contributed by atoms with Gasteiger partial charge in [0.05, 0.1) is 28.1 Å². The topological polar surface area (TPSA) is 60.9 Å². The fourth-order valence-electron chi connectivity index (χ4n) is 6.47. The molecular formula is C26H25ClFN3O3. The number of hydrogen-bond donors (Lipinski definition) is 0. The van der Waals surface area contributed by atoms with Gasteiger partial charge in [0.2, 0.25) is 11.8 Å². The Kier molecular flexibility index (Phi) is 5.13. The van der Waals surface area contributed by atoms with E-state index in [1.54, 1.807) is 35.2 Å². The van der Waals surface area contributed by atoms with E-state index in [9.17, 15) is 18.8 Å². The molecule has 6 rings (SSSR count). The van der Waals surface area contributed by atoms with Crippen molar-refractivity contribution in [1.29, 1.82) is 0 Å². The number of nitrogens with zero attached hydrogens (tertiary/aromatic N) is 3. The third kappa shape index (κ3) is 3.32. The molecule has 2 saturated carbocycles. The predicted molar refractivity (Wildman–Crippen MR) is 126 cm³/mol. The van der Waals surface area contributed by atoms with Crippen LogP contribution in [0.25, 0.3) is 0 Å². The Hall–Kier alpha value is -2.93. The first kappa shape index (κ1) is 21.6. The van der Waals surface area contributed by atoms with Crippen molar-refractivity contribution in [2.45, 2.75) is 19.3 Å². The first-order valence-corrected chi connectivity index (χ1v) is 12.3. The zero-order valence-corrected chi connectivity index (χ0v) is 19.4. The van der Waals surface area contributed by atoms with E-state index in [2.05, 4.69) is 4.90 Å². The third-order valence-electron chi connectivity index (χ3n) is 8.12. The Balaban J connectivity index is 1.20. The maximum Gasteiger partial charge on any atom is 0.255 e. The van der Waals surface area contributed by atoms with E-state index in [1.165, 1.54) is 17.0 Å². The number of benzene rings is 2. The Bertz CT molecular complexity index is 1150. The number of imide groups is 1. The molecule has 6 nitrogen and oxygen atoms in total. The molecule has 2 aliphatic heterocycles. The molecule has 2 saturated heterocycles. The summed E-state index contributed by atoms with van der Waals surface area (Å²) in [5.41, 5.74) is 1.65. The van der Waals surface area contributed by atoms with Crippen LogP contribution in [0.3, 0.4) is 0 Å². The summed E-state index contributed by atoms with van der Waals surface area (Å²) in [5.74, 6) is -0.555. The minimum atomic E-state index is -0.279. The van der Waals surface area contributed by atoms with Crippen LogP contribution in [0.1, 0.15) is 29.6 Å². The van der Waals surface area contributed by atoms with Crippen LogP contribution in [0.2, 0.25) is 5.02 Å². The van der Waals surface area contributed by atoms with Gasteiger partial charge in [-0.3, -0.25) is 19.3 Å². The first-order valence-electron chi connectivity index (χ1n) is 11.9. The number of piperazine rings is 1. The summed E-state index contributed by atoms with van der Waals surface area (Å²) in [6.45, 7) is 2.21. The summed E-state index contributed by atoms with van der Waals surface area (Å²) >= 11 is 6.40. The highest BCUT2D eigenvalue weighted by atomic mass is 35.5. The minimum absolute atomic E-state index is 0.129. The van der Waals surface area contributed by atoms with Crippen LogP contribution in [0, 0.1) is 29.5 Å². The lowest BCUT2D eigenvalue weighted by Crippen LogP contribution is -2.48. The van der Waals surface area contributed by atoms with E-state index in [1.807, 2.05) is 0 Å². The summed E-state index contributed by atoms with van der Waals surface area (Å²) in [5, 5.41) is 0.300. The van der Waals surface area contributed by atoms with Gasteiger partial charge in [-0.15, -0.1) is 0 Å². The second kappa shape index (κ2) is 8.08. The second-order valence-corrected chi connectivity index (χ2v) is 10.2. The zero-order valence-electron chi connectivity index (χ0n) is 18.6. The van der Waals surface area contributed by atoms with Crippen LogP contribution in [-0.2, 0) is 9.59 Å². The largest absolute Gasteiger partial charge is 0.368 e. The van der Waals surface area contributed by atoms with Gasteiger partial charge in [0.25, 0.3) is 5.91 Å². The highest BCUT2D eigenvalue weighted by Gasteiger charge is 2.61. The molecule has 4 atom stereocenters. The highest BCUT2D eigenvalue weighted by Crippen LogP contribution is 2.56. The van der Waals surface area contributed by atoms with Crippen LogP contribution in [0.15, 0.2) is 42.5 Å². The van der Waals surface area contributed by atoms with Gasteiger partial charge in [0, 0.05) is 31.9 Å². The minimum Gasteiger partial charge on any atom is -0.368 e. The molecule has 34 heavy (non-hydrogen) atoms. The number of amides is 3. The summed E-state index contributed by atoms with van der Waals surface area (Å²) in [7, 11) is 0. The number of anilines is 2. The van der Waals surface area contributed by atoms with Crippen molar-refractivity contribution < 1.29 is 18.8 Å². The van der Waals surface area contributed by atoms with Crippen LogP contribution >= 0.6 is 11.6 Å². The molecule has 0 spiro atoms. The highest BCUT2D eigenvalue weighted by molar-refractivity contribution is 6.34. The smallest absolute Gasteiger partial charge is 0.255 e.